The highest BCUT2D eigenvalue weighted by Crippen LogP contribution is 2.16. The Kier molecular flexibility index (Phi) is 3.29. The predicted molar refractivity (Wildman–Crippen MR) is 77.8 cm³/mol. The molecular formula is C16H17N3. The van der Waals surface area contributed by atoms with Crippen molar-refractivity contribution in [3.8, 4) is 0 Å². The van der Waals surface area contributed by atoms with Crippen LogP contribution in [0.1, 0.15) is 24.1 Å². The molecule has 0 aliphatic rings. The van der Waals surface area contributed by atoms with Crippen molar-refractivity contribution in [3.05, 3.63) is 66.1 Å². The Morgan fingerprint density at radius 2 is 2.21 bits per heavy atom. The van der Waals surface area contributed by atoms with Gasteiger partial charge in [0.05, 0.1) is 0 Å². The number of benzene rings is 1. The van der Waals surface area contributed by atoms with E-state index in [9.17, 15) is 0 Å². The van der Waals surface area contributed by atoms with E-state index in [2.05, 4.69) is 52.5 Å². The van der Waals surface area contributed by atoms with Crippen molar-refractivity contribution in [2.45, 2.75) is 19.5 Å². The molecule has 0 amide bonds. The molecule has 19 heavy (non-hydrogen) atoms. The fraction of sp³-hybridized carbons (Fsp3) is 0.188. The van der Waals surface area contributed by atoms with Crippen LogP contribution in [-0.4, -0.2) is 9.97 Å². The van der Waals surface area contributed by atoms with E-state index in [1.54, 1.807) is 6.20 Å². The summed E-state index contributed by atoms with van der Waals surface area (Å²) >= 11 is 0. The summed E-state index contributed by atoms with van der Waals surface area (Å²) in [6, 6.07) is 13.0. The maximum Gasteiger partial charge on any atom is 0.0454 e. The van der Waals surface area contributed by atoms with Crippen molar-refractivity contribution >= 4 is 10.9 Å². The quantitative estimate of drug-likeness (QED) is 0.746. The first-order valence-corrected chi connectivity index (χ1v) is 6.52. The minimum absolute atomic E-state index is 0.302. The van der Waals surface area contributed by atoms with Gasteiger partial charge in [-0.25, -0.2) is 0 Å². The smallest absolute Gasteiger partial charge is 0.0454 e. The van der Waals surface area contributed by atoms with Crippen molar-refractivity contribution in [3.63, 3.8) is 0 Å². The van der Waals surface area contributed by atoms with Crippen LogP contribution >= 0.6 is 0 Å². The number of rotatable bonds is 4. The number of aromatic nitrogens is 2. The third-order valence-electron chi connectivity index (χ3n) is 3.41. The lowest BCUT2D eigenvalue weighted by Crippen LogP contribution is -2.18. The summed E-state index contributed by atoms with van der Waals surface area (Å²) in [5.74, 6) is 0. The van der Waals surface area contributed by atoms with Gasteiger partial charge < -0.3 is 10.3 Å². The fourth-order valence-electron chi connectivity index (χ4n) is 2.23. The van der Waals surface area contributed by atoms with Crippen LogP contribution in [0.5, 0.6) is 0 Å². The molecule has 2 N–H and O–H groups in total. The molecule has 0 spiro atoms. The second-order valence-electron chi connectivity index (χ2n) is 4.79. The molecule has 96 valence electrons. The summed E-state index contributed by atoms with van der Waals surface area (Å²) in [5, 5.41) is 4.78. The average molecular weight is 251 g/mol. The molecular weight excluding hydrogens is 234 g/mol. The second kappa shape index (κ2) is 5.24. The van der Waals surface area contributed by atoms with Crippen LogP contribution in [0.2, 0.25) is 0 Å². The van der Waals surface area contributed by atoms with E-state index < -0.39 is 0 Å². The van der Waals surface area contributed by atoms with Gasteiger partial charge in [-0.15, -0.1) is 0 Å². The molecule has 0 saturated carbocycles. The van der Waals surface area contributed by atoms with E-state index in [0.29, 0.717) is 6.04 Å². The van der Waals surface area contributed by atoms with Crippen molar-refractivity contribution in [1.29, 1.82) is 0 Å². The molecule has 3 heteroatoms. The number of fused-ring (bicyclic) bond motifs is 1. The lowest BCUT2D eigenvalue weighted by molar-refractivity contribution is 0.573. The van der Waals surface area contributed by atoms with E-state index >= 15 is 0 Å². The zero-order valence-corrected chi connectivity index (χ0v) is 10.9. The van der Waals surface area contributed by atoms with Crippen LogP contribution in [0.25, 0.3) is 10.9 Å². The normalized spacial score (nSPS) is 12.7. The maximum absolute atomic E-state index is 4.15. The Labute approximate surface area is 112 Å². The highest BCUT2D eigenvalue weighted by atomic mass is 14.9. The SMILES string of the molecule is CC(NCc1ccc2[nH]ccc2c1)c1cccnc1. The van der Waals surface area contributed by atoms with E-state index in [1.807, 2.05) is 18.5 Å². The molecule has 0 aliphatic carbocycles. The van der Waals surface area contributed by atoms with Gasteiger partial charge in [0.25, 0.3) is 0 Å². The molecule has 0 aliphatic heterocycles. The largest absolute Gasteiger partial charge is 0.361 e. The lowest BCUT2D eigenvalue weighted by Gasteiger charge is -2.13. The van der Waals surface area contributed by atoms with Crippen LogP contribution in [0.4, 0.5) is 0 Å². The number of hydrogen-bond donors (Lipinski definition) is 2. The van der Waals surface area contributed by atoms with E-state index in [-0.39, 0.29) is 0 Å². The highest BCUT2D eigenvalue weighted by Gasteiger charge is 2.04. The van der Waals surface area contributed by atoms with Gasteiger partial charge in [0.2, 0.25) is 0 Å². The van der Waals surface area contributed by atoms with Crippen LogP contribution in [0, 0.1) is 0 Å². The Morgan fingerprint density at radius 3 is 3.05 bits per heavy atom. The lowest BCUT2D eigenvalue weighted by atomic mass is 10.1. The molecule has 1 unspecified atom stereocenters. The third kappa shape index (κ3) is 2.66. The van der Waals surface area contributed by atoms with Crippen LogP contribution in [0.15, 0.2) is 55.0 Å². The first kappa shape index (κ1) is 11.9. The average Bonchev–Trinajstić information content (AvgIpc) is 2.93. The van der Waals surface area contributed by atoms with Gasteiger partial charge in [0.1, 0.15) is 0 Å². The number of nitrogens with zero attached hydrogens (tertiary/aromatic N) is 1. The predicted octanol–water partition coefficient (Wildman–Crippen LogP) is 3.41. The van der Waals surface area contributed by atoms with Crippen molar-refractivity contribution in [1.82, 2.24) is 15.3 Å². The molecule has 0 fully saturated rings. The molecule has 0 bridgehead atoms. The van der Waals surface area contributed by atoms with Gasteiger partial charge in [-0.2, -0.15) is 0 Å². The highest BCUT2D eigenvalue weighted by molar-refractivity contribution is 5.79. The zero-order chi connectivity index (χ0) is 13.1. The molecule has 0 radical (unpaired) electrons. The molecule has 3 aromatic rings. The molecule has 1 aromatic carbocycles. The number of H-pyrrole nitrogens is 1. The first-order valence-electron chi connectivity index (χ1n) is 6.52. The summed E-state index contributed by atoms with van der Waals surface area (Å²) in [5.41, 5.74) is 3.69. The Balaban J connectivity index is 1.68. The molecule has 3 nitrogen and oxygen atoms in total. The topological polar surface area (TPSA) is 40.7 Å². The van der Waals surface area contributed by atoms with Gasteiger partial charge in [-0.1, -0.05) is 12.1 Å². The number of pyridine rings is 1. The van der Waals surface area contributed by atoms with Crippen LogP contribution in [0.3, 0.4) is 0 Å². The maximum atomic E-state index is 4.15. The fourth-order valence-corrected chi connectivity index (χ4v) is 2.23. The Bertz CT molecular complexity index is 658. The zero-order valence-electron chi connectivity index (χ0n) is 10.9. The Morgan fingerprint density at radius 1 is 1.26 bits per heavy atom. The third-order valence-corrected chi connectivity index (χ3v) is 3.41. The van der Waals surface area contributed by atoms with E-state index in [1.165, 1.54) is 22.0 Å². The minimum atomic E-state index is 0.302. The van der Waals surface area contributed by atoms with E-state index in [4.69, 9.17) is 0 Å². The van der Waals surface area contributed by atoms with Crippen LogP contribution in [-0.2, 0) is 6.54 Å². The standard InChI is InChI=1S/C16H17N3/c1-12(15-3-2-7-17-11-15)19-10-13-4-5-16-14(9-13)6-8-18-16/h2-9,11-12,18-19H,10H2,1H3. The monoisotopic (exact) mass is 251 g/mol. The summed E-state index contributed by atoms with van der Waals surface area (Å²) in [6.45, 7) is 3.02. The molecule has 1 atom stereocenters. The van der Waals surface area contributed by atoms with Gasteiger partial charge in [0, 0.05) is 36.7 Å². The first-order chi connectivity index (χ1) is 9.33. The molecule has 3 rings (SSSR count). The molecule has 2 heterocycles. The molecule has 2 aromatic heterocycles. The van der Waals surface area contributed by atoms with Gasteiger partial charge in [-0.3, -0.25) is 4.98 Å². The van der Waals surface area contributed by atoms with Crippen LogP contribution < -0.4 is 5.32 Å². The van der Waals surface area contributed by atoms with Crippen molar-refractivity contribution in [2.75, 3.05) is 0 Å². The van der Waals surface area contributed by atoms with Gasteiger partial charge >= 0.3 is 0 Å². The minimum Gasteiger partial charge on any atom is -0.361 e. The second-order valence-corrected chi connectivity index (χ2v) is 4.79. The Hall–Kier alpha value is -2.13. The summed E-state index contributed by atoms with van der Waals surface area (Å²) in [7, 11) is 0. The number of nitrogens with one attached hydrogen (secondary N) is 2. The molecule has 0 saturated heterocycles. The van der Waals surface area contributed by atoms with E-state index in [0.717, 1.165) is 6.54 Å². The van der Waals surface area contributed by atoms with Gasteiger partial charge in [-0.05, 0) is 47.7 Å². The summed E-state index contributed by atoms with van der Waals surface area (Å²) in [4.78, 5) is 7.36. The number of hydrogen-bond acceptors (Lipinski definition) is 2. The van der Waals surface area contributed by atoms with Crippen molar-refractivity contribution < 1.29 is 0 Å². The van der Waals surface area contributed by atoms with Gasteiger partial charge in [0.15, 0.2) is 0 Å². The summed E-state index contributed by atoms with van der Waals surface area (Å²) in [6.07, 6.45) is 5.68. The van der Waals surface area contributed by atoms with Crippen molar-refractivity contribution in [2.24, 2.45) is 0 Å². The summed E-state index contributed by atoms with van der Waals surface area (Å²) < 4.78 is 0. The number of aromatic amines is 1.